The molecular weight excluding hydrogens is 220 g/mol. The van der Waals surface area contributed by atoms with Crippen LogP contribution in [0, 0.1) is 5.92 Å². The second-order valence-corrected chi connectivity index (χ2v) is 6.27. The van der Waals surface area contributed by atoms with Crippen LogP contribution in [0.4, 0.5) is 0 Å². The average molecular weight is 250 g/mol. The van der Waals surface area contributed by atoms with Crippen molar-refractivity contribution in [2.75, 3.05) is 26.7 Å². The molecule has 0 aromatic heterocycles. The van der Waals surface area contributed by atoms with E-state index in [4.69, 9.17) is 0 Å². The first kappa shape index (κ1) is 14.1. The fraction of sp³-hybridized carbons (Fsp3) is 0.875. The largest absolute Gasteiger partial charge is 0.314 e. The molecule has 0 bridgehead atoms. The smallest absolute Gasteiger partial charge is 0.00793 e. The van der Waals surface area contributed by atoms with Gasteiger partial charge in [-0.2, -0.15) is 0 Å². The van der Waals surface area contributed by atoms with Crippen LogP contribution in [0.5, 0.6) is 0 Å². The molecule has 2 atom stereocenters. The highest BCUT2D eigenvalue weighted by molar-refractivity contribution is 5.05. The molecule has 2 heteroatoms. The Bertz CT molecular complexity index is 272. The highest BCUT2D eigenvalue weighted by atomic mass is 15.1. The van der Waals surface area contributed by atoms with Crippen LogP contribution in [0.15, 0.2) is 11.6 Å². The molecule has 0 radical (unpaired) electrons. The van der Waals surface area contributed by atoms with Crippen molar-refractivity contribution >= 4 is 0 Å². The third-order valence-corrected chi connectivity index (χ3v) is 4.67. The van der Waals surface area contributed by atoms with Crippen molar-refractivity contribution in [1.29, 1.82) is 0 Å². The lowest BCUT2D eigenvalue weighted by molar-refractivity contribution is 0.179. The van der Waals surface area contributed by atoms with Crippen molar-refractivity contribution in [1.82, 2.24) is 10.2 Å². The van der Waals surface area contributed by atoms with Gasteiger partial charge in [0.2, 0.25) is 0 Å². The summed E-state index contributed by atoms with van der Waals surface area (Å²) in [6, 6.07) is 0.678. The molecule has 1 aliphatic heterocycles. The summed E-state index contributed by atoms with van der Waals surface area (Å²) >= 11 is 0. The first-order chi connectivity index (χ1) is 8.75. The van der Waals surface area contributed by atoms with E-state index in [-0.39, 0.29) is 0 Å². The first-order valence-corrected chi connectivity index (χ1v) is 7.85. The number of allylic oxidation sites excluding steroid dienone is 1. The van der Waals surface area contributed by atoms with Gasteiger partial charge in [0.05, 0.1) is 0 Å². The van der Waals surface area contributed by atoms with Crippen LogP contribution in [0.2, 0.25) is 0 Å². The number of likely N-dealkylation sites (tertiary alicyclic amines) is 1. The fourth-order valence-corrected chi connectivity index (χ4v) is 3.37. The molecule has 1 N–H and O–H groups in total. The van der Waals surface area contributed by atoms with Crippen LogP contribution in [0.25, 0.3) is 0 Å². The summed E-state index contributed by atoms with van der Waals surface area (Å²) < 4.78 is 0. The van der Waals surface area contributed by atoms with E-state index in [0.717, 1.165) is 5.92 Å². The number of hydrogen-bond acceptors (Lipinski definition) is 2. The van der Waals surface area contributed by atoms with Gasteiger partial charge in [-0.05, 0) is 77.9 Å². The van der Waals surface area contributed by atoms with Gasteiger partial charge in [-0.1, -0.05) is 11.6 Å². The normalized spacial score (nSPS) is 27.9. The third kappa shape index (κ3) is 4.40. The molecule has 1 fully saturated rings. The predicted molar refractivity (Wildman–Crippen MR) is 78.9 cm³/mol. The Balaban J connectivity index is 1.64. The monoisotopic (exact) mass is 250 g/mol. The average Bonchev–Trinajstić information content (AvgIpc) is 2.40. The van der Waals surface area contributed by atoms with E-state index in [2.05, 4.69) is 30.3 Å². The van der Waals surface area contributed by atoms with Crippen LogP contribution in [0.3, 0.4) is 0 Å². The number of hydrogen-bond donors (Lipinski definition) is 1. The zero-order valence-corrected chi connectivity index (χ0v) is 12.3. The van der Waals surface area contributed by atoms with Crippen molar-refractivity contribution in [3.8, 4) is 0 Å². The molecular formula is C16H30N2. The molecule has 0 spiro atoms. The minimum atomic E-state index is 0.678. The second kappa shape index (κ2) is 7.30. The van der Waals surface area contributed by atoms with Crippen LogP contribution < -0.4 is 5.32 Å². The summed E-state index contributed by atoms with van der Waals surface area (Å²) in [6.45, 7) is 6.11. The molecule has 0 amide bonds. The molecule has 1 aliphatic carbocycles. The van der Waals surface area contributed by atoms with Crippen molar-refractivity contribution < 1.29 is 0 Å². The molecule has 2 rings (SSSR count). The molecule has 1 heterocycles. The molecule has 2 nitrogen and oxygen atoms in total. The van der Waals surface area contributed by atoms with Crippen molar-refractivity contribution in [2.45, 2.75) is 57.9 Å². The van der Waals surface area contributed by atoms with Crippen LogP contribution in [0.1, 0.15) is 51.9 Å². The highest BCUT2D eigenvalue weighted by Crippen LogP contribution is 2.21. The molecule has 0 aromatic rings. The summed E-state index contributed by atoms with van der Waals surface area (Å²) in [4.78, 5) is 2.48. The summed E-state index contributed by atoms with van der Waals surface area (Å²) in [5.74, 6) is 0.851. The second-order valence-electron chi connectivity index (χ2n) is 6.27. The molecule has 2 unspecified atom stereocenters. The molecule has 2 aliphatic rings. The van der Waals surface area contributed by atoms with E-state index in [0.29, 0.717) is 6.04 Å². The van der Waals surface area contributed by atoms with Crippen molar-refractivity contribution in [2.24, 2.45) is 5.92 Å². The summed E-state index contributed by atoms with van der Waals surface area (Å²) in [6.07, 6.45) is 12.0. The van der Waals surface area contributed by atoms with Gasteiger partial charge in [0, 0.05) is 12.6 Å². The van der Waals surface area contributed by atoms with E-state index in [1.54, 1.807) is 5.57 Å². The maximum absolute atomic E-state index is 3.75. The van der Waals surface area contributed by atoms with E-state index in [1.165, 1.54) is 64.6 Å². The Morgan fingerprint density at radius 2 is 2.28 bits per heavy atom. The maximum Gasteiger partial charge on any atom is 0.00793 e. The number of nitrogens with one attached hydrogen (secondary N) is 1. The SMILES string of the molecule is CC(NCCC1=CCCCC1)C1CCCN(C)C1. The van der Waals surface area contributed by atoms with Gasteiger partial charge < -0.3 is 10.2 Å². The van der Waals surface area contributed by atoms with Crippen LogP contribution in [-0.4, -0.2) is 37.6 Å². The topological polar surface area (TPSA) is 15.3 Å². The molecule has 18 heavy (non-hydrogen) atoms. The molecule has 104 valence electrons. The standard InChI is InChI=1S/C16H30N2/c1-14(16-9-6-12-18(2)13-16)17-11-10-15-7-4-3-5-8-15/h7,14,16-17H,3-6,8-13H2,1-2H3. The molecule has 1 saturated heterocycles. The Kier molecular flexibility index (Phi) is 5.71. The quantitative estimate of drug-likeness (QED) is 0.754. The molecule has 0 saturated carbocycles. The minimum Gasteiger partial charge on any atom is -0.314 e. The highest BCUT2D eigenvalue weighted by Gasteiger charge is 2.22. The van der Waals surface area contributed by atoms with Crippen LogP contribution in [-0.2, 0) is 0 Å². The van der Waals surface area contributed by atoms with Crippen LogP contribution >= 0.6 is 0 Å². The zero-order valence-electron chi connectivity index (χ0n) is 12.3. The van der Waals surface area contributed by atoms with E-state index in [1.807, 2.05) is 0 Å². The lowest BCUT2D eigenvalue weighted by Gasteiger charge is -2.34. The number of piperidine rings is 1. The Morgan fingerprint density at radius 1 is 1.39 bits per heavy atom. The zero-order chi connectivity index (χ0) is 12.8. The van der Waals surface area contributed by atoms with Crippen molar-refractivity contribution in [3.05, 3.63) is 11.6 Å². The maximum atomic E-state index is 3.75. The summed E-state index contributed by atoms with van der Waals surface area (Å²) in [5.41, 5.74) is 1.70. The Morgan fingerprint density at radius 3 is 3.00 bits per heavy atom. The Hall–Kier alpha value is -0.340. The van der Waals surface area contributed by atoms with Crippen molar-refractivity contribution in [3.63, 3.8) is 0 Å². The first-order valence-electron chi connectivity index (χ1n) is 7.85. The van der Waals surface area contributed by atoms with E-state index in [9.17, 15) is 0 Å². The van der Waals surface area contributed by atoms with Gasteiger partial charge in [-0.3, -0.25) is 0 Å². The lowest BCUT2D eigenvalue weighted by atomic mass is 9.91. The van der Waals surface area contributed by atoms with Gasteiger partial charge in [-0.25, -0.2) is 0 Å². The number of nitrogens with zero attached hydrogens (tertiary/aromatic N) is 1. The number of rotatable bonds is 5. The molecule has 0 aromatic carbocycles. The van der Waals surface area contributed by atoms with Gasteiger partial charge >= 0.3 is 0 Å². The van der Waals surface area contributed by atoms with Gasteiger partial charge in [-0.15, -0.1) is 0 Å². The summed E-state index contributed by atoms with van der Waals surface area (Å²) in [5, 5.41) is 3.75. The van der Waals surface area contributed by atoms with E-state index >= 15 is 0 Å². The predicted octanol–water partition coefficient (Wildman–Crippen LogP) is 3.20. The fourth-order valence-electron chi connectivity index (χ4n) is 3.37. The third-order valence-electron chi connectivity index (χ3n) is 4.67. The van der Waals surface area contributed by atoms with E-state index < -0.39 is 0 Å². The van der Waals surface area contributed by atoms with Gasteiger partial charge in [0.25, 0.3) is 0 Å². The van der Waals surface area contributed by atoms with Gasteiger partial charge in [0.1, 0.15) is 0 Å². The summed E-state index contributed by atoms with van der Waals surface area (Å²) in [7, 11) is 2.26. The minimum absolute atomic E-state index is 0.678. The van der Waals surface area contributed by atoms with Gasteiger partial charge in [0.15, 0.2) is 0 Å². The lowest BCUT2D eigenvalue weighted by Crippen LogP contribution is -2.43. The Labute approximate surface area is 113 Å².